The average molecular weight is 240 g/mol. The molecule has 1 N–H and O–H groups in total. The fourth-order valence-electron chi connectivity index (χ4n) is 2.59. The van der Waals surface area contributed by atoms with Crippen molar-refractivity contribution >= 4 is 11.6 Å². The summed E-state index contributed by atoms with van der Waals surface area (Å²) in [5, 5.41) is 4.09. The molecular weight excluding hydrogens is 226 g/mol. The van der Waals surface area contributed by atoms with Crippen molar-refractivity contribution < 1.29 is 9.47 Å². The highest BCUT2D eigenvalue weighted by atomic mass is 35.5. The van der Waals surface area contributed by atoms with Gasteiger partial charge in [0.05, 0.1) is 18.7 Å². The molecule has 2 bridgehead atoms. The van der Waals surface area contributed by atoms with E-state index in [0.29, 0.717) is 16.8 Å². The molecular formula is C12H14ClNO2. The summed E-state index contributed by atoms with van der Waals surface area (Å²) in [6.07, 6.45) is 1.04. The van der Waals surface area contributed by atoms with Crippen molar-refractivity contribution in [1.29, 1.82) is 0 Å². The van der Waals surface area contributed by atoms with Gasteiger partial charge < -0.3 is 14.8 Å². The Balaban J connectivity index is 2.00. The van der Waals surface area contributed by atoms with Crippen LogP contribution in [0.25, 0.3) is 0 Å². The predicted molar refractivity (Wildman–Crippen MR) is 62.0 cm³/mol. The SMILES string of the molecule is COc1cc(C23CNC(CO2)C3)ccc1Cl. The van der Waals surface area contributed by atoms with Crippen LogP contribution in [0.2, 0.25) is 5.02 Å². The van der Waals surface area contributed by atoms with E-state index >= 15 is 0 Å². The lowest BCUT2D eigenvalue weighted by molar-refractivity contribution is -0.00970. The van der Waals surface area contributed by atoms with Crippen LogP contribution in [-0.4, -0.2) is 26.3 Å². The molecule has 0 radical (unpaired) electrons. The van der Waals surface area contributed by atoms with E-state index in [-0.39, 0.29) is 5.60 Å². The Morgan fingerprint density at radius 3 is 3.00 bits per heavy atom. The van der Waals surface area contributed by atoms with Gasteiger partial charge in [-0.3, -0.25) is 0 Å². The summed E-state index contributed by atoms with van der Waals surface area (Å²) in [7, 11) is 1.63. The molecule has 1 aromatic rings. The molecule has 2 aliphatic rings. The number of hydrogen-bond acceptors (Lipinski definition) is 3. The highest BCUT2D eigenvalue weighted by molar-refractivity contribution is 6.32. The van der Waals surface area contributed by atoms with E-state index in [0.717, 1.165) is 25.1 Å². The summed E-state index contributed by atoms with van der Waals surface area (Å²) in [5.41, 5.74) is 0.990. The fraction of sp³-hybridized carbons (Fsp3) is 0.500. The van der Waals surface area contributed by atoms with E-state index in [1.165, 1.54) is 0 Å². The van der Waals surface area contributed by atoms with Crippen LogP contribution >= 0.6 is 11.6 Å². The van der Waals surface area contributed by atoms with E-state index in [4.69, 9.17) is 21.1 Å². The minimum Gasteiger partial charge on any atom is -0.495 e. The maximum absolute atomic E-state index is 6.02. The molecule has 3 rings (SSSR count). The molecule has 2 fully saturated rings. The number of nitrogens with one attached hydrogen (secondary N) is 1. The van der Waals surface area contributed by atoms with Gasteiger partial charge in [0.25, 0.3) is 0 Å². The number of methoxy groups -OCH3 is 1. The molecule has 0 aromatic heterocycles. The Hall–Kier alpha value is -0.770. The number of ether oxygens (including phenoxy) is 2. The van der Waals surface area contributed by atoms with Gasteiger partial charge in [-0.2, -0.15) is 0 Å². The van der Waals surface area contributed by atoms with E-state index < -0.39 is 0 Å². The molecule has 4 heteroatoms. The first-order valence-corrected chi connectivity index (χ1v) is 5.83. The van der Waals surface area contributed by atoms with Crippen LogP contribution in [0.5, 0.6) is 5.75 Å². The van der Waals surface area contributed by atoms with Gasteiger partial charge in [-0.1, -0.05) is 17.7 Å². The van der Waals surface area contributed by atoms with Crippen LogP contribution in [0.1, 0.15) is 12.0 Å². The topological polar surface area (TPSA) is 30.5 Å². The Morgan fingerprint density at radius 1 is 1.56 bits per heavy atom. The second kappa shape index (κ2) is 3.62. The first kappa shape index (κ1) is 10.4. The summed E-state index contributed by atoms with van der Waals surface area (Å²) in [6, 6.07) is 6.39. The number of halogens is 1. The molecule has 16 heavy (non-hydrogen) atoms. The minimum atomic E-state index is -0.164. The van der Waals surface area contributed by atoms with Gasteiger partial charge >= 0.3 is 0 Å². The first-order chi connectivity index (χ1) is 7.73. The summed E-state index contributed by atoms with van der Waals surface area (Å²) in [6.45, 7) is 1.67. The maximum atomic E-state index is 6.02. The van der Waals surface area contributed by atoms with Crippen LogP contribution in [0, 0.1) is 0 Å². The van der Waals surface area contributed by atoms with Crippen LogP contribution in [0.15, 0.2) is 18.2 Å². The molecule has 3 nitrogen and oxygen atoms in total. The van der Waals surface area contributed by atoms with E-state index in [1.54, 1.807) is 7.11 Å². The van der Waals surface area contributed by atoms with Crippen molar-refractivity contribution in [2.24, 2.45) is 0 Å². The second-order valence-corrected chi connectivity index (χ2v) is 4.84. The number of hydrogen-bond donors (Lipinski definition) is 1. The Labute approximate surface area is 99.7 Å². The van der Waals surface area contributed by atoms with Gasteiger partial charge in [-0.05, 0) is 24.1 Å². The standard InChI is InChI=1S/C12H14ClNO2/c1-15-11-4-8(2-3-10(11)13)12-5-9(6-16-12)14-7-12/h2-4,9,14H,5-7H2,1H3. The molecule has 0 spiro atoms. The molecule has 0 aliphatic carbocycles. The zero-order valence-corrected chi connectivity index (χ0v) is 9.88. The summed E-state index contributed by atoms with van der Waals surface area (Å²) in [4.78, 5) is 0. The fourth-order valence-corrected chi connectivity index (χ4v) is 2.78. The van der Waals surface area contributed by atoms with E-state index in [1.807, 2.05) is 18.2 Å². The number of morpholine rings is 1. The zero-order valence-electron chi connectivity index (χ0n) is 9.13. The third kappa shape index (κ3) is 1.43. The number of fused-ring (bicyclic) bond motifs is 2. The molecule has 86 valence electrons. The lowest BCUT2D eigenvalue weighted by atomic mass is 9.93. The third-order valence-corrected chi connectivity index (χ3v) is 3.80. The number of benzene rings is 1. The highest BCUT2D eigenvalue weighted by Crippen LogP contribution is 2.42. The molecule has 2 aliphatic heterocycles. The largest absolute Gasteiger partial charge is 0.495 e. The predicted octanol–water partition coefficient (Wildman–Crippen LogP) is 1.94. The van der Waals surface area contributed by atoms with Crippen LogP contribution in [0.4, 0.5) is 0 Å². The van der Waals surface area contributed by atoms with Gasteiger partial charge in [0.1, 0.15) is 11.4 Å². The molecule has 2 atom stereocenters. The molecule has 0 amide bonds. The van der Waals surface area contributed by atoms with Crippen molar-refractivity contribution in [2.45, 2.75) is 18.1 Å². The summed E-state index contributed by atoms with van der Waals surface area (Å²) < 4.78 is 11.1. The monoisotopic (exact) mass is 239 g/mol. The Morgan fingerprint density at radius 2 is 2.44 bits per heavy atom. The van der Waals surface area contributed by atoms with Gasteiger partial charge in [0.2, 0.25) is 0 Å². The Bertz CT molecular complexity index is 413. The second-order valence-electron chi connectivity index (χ2n) is 4.44. The van der Waals surface area contributed by atoms with Crippen molar-refractivity contribution in [2.75, 3.05) is 20.3 Å². The summed E-state index contributed by atoms with van der Waals surface area (Å²) >= 11 is 6.02. The summed E-state index contributed by atoms with van der Waals surface area (Å²) in [5.74, 6) is 0.715. The molecule has 2 unspecified atom stereocenters. The van der Waals surface area contributed by atoms with Gasteiger partial charge in [0, 0.05) is 12.6 Å². The lowest BCUT2D eigenvalue weighted by Gasteiger charge is -2.27. The van der Waals surface area contributed by atoms with Crippen molar-refractivity contribution in [3.63, 3.8) is 0 Å². The minimum absolute atomic E-state index is 0.164. The van der Waals surface area contributed by atoms with Crippen LogP contribution < -0.4 is 10.1 Å². The molecule has 2 saturated heterocycles. The highest BCUT2D eigenvalue weighted by Gasteiger charge is 2.47. The third-order valence-electron chi connectivity index (χ3n) is 3.49. The Kier molecular flexibility index (Phi) is 2.35. The van der Waals surface area contributed by atoms with Gasteiger partial charge in [-0.25, -0.2) is 0 Å². The normalized spacial score (nSPS) is 32.0. The maximum Gasteiger partial charge on any atom is 0.137 e. The van der Waals surface area contributed by atoms with Crippen LogP contribution in [0.3, 0.4) is 0 Å². The quantitative estimate of drug-likeness (QED) is 0.856. The van der Waals surface area contributed by atoms with Crippen molar-refractivity contribution in [3.8, 4) is 5.75 Å². The smallest absolute Gasteiger partial charge is 0.137 e. The molecule has 2 heterocycles. The van der Waals surface area contributed by atoms with Gasteiger partial charge in [-0.15, -0.1) is 0 Å². The molecule has 0 saturated carbocycles. The van der Waals surface area contributed by atoms with E-state index in [2.05, 4.69) is 5.32 Å². The van der Waals surface area contributed by atoms with Gasteiger partial charge in [0.15, 0.2) is 0 Å². The van der Waals surface area contributed by atoms with Crippen LogP contribution in [-0.2, 0) is 10.3 Å². The van der Waals surface area contributed by atoms with Crippen molar-refractivity contribution in [3.05, 3.63) is 28.8 Å². The van der Waals surface area contributed by atoms with E-state index in [9.17, 15) is 0 Å². The lowest BCUT2D eigenvalue weighted by Crippen LogP contribution is -2.37. The average Bonchev–Trinajstić information content (AvgIpc) is 2.90. The zero-order chi connectivity index (χ0) is 11.2. The van der Waals surface area contributed by atoms with Crippen molar-refractivity contribution in [1.82, 2.24) is 5.32 Å². The number of rotatable bonds is 2. The first-order valence-electron chi connectivity index (χ1n) is 5.45. The molecule has 1 aromatic carbocycles.